The van der Waals surface area contributed by atoms with Gasteiger partial charge < -0.3 is 10.2 Å². The Kier molecular flexibility index (Phi) is 7.41. The molecule has 3 aromatic rings. The molecular weight excluding hydrogens is 441 g/mol. The van der Waals surface area contributed by atoms with Crippen LogP contribution in [0.25, 0.3) is 0 Å². The highest BCUT2D eigenvalue weighted by Gasteiger charge is 2.23. The Morgan fingerprint density at radius 3 is 2.48 bits per heavy atom. The van der Waals surface area contributed by atoms with Gasteiger partial charge in [0.05, 0.1) is 13.0 Å². The van der Waals surface area contributed by atoms with E-state index in [2.05, 4.69) is 20.4 Å². The zero-order valence-electron chi connectivity index (χ0n) is 18.5. The first-order chi connectivity index (χ1) is 16.0. The van der Waals surface area contributed by atoms with Crippen LogP contribution >= 0.6 is 11.3 Å². The molecule has 33 heavy (non-hydrogen) atoms. The summed E-state index contributed by atoms with van der Waals surface area (Å²) < 4.78 is 13.0. The summed E-state index contributed by atoms with van der Waals surface area (Å²) in [5.74, 6) is -0.454. The van der Waals surface area contributed by atoms with Crippen LogP contribution < -0.4 is 5.32 Å². The molecule has 4 rings (SSSR count). The van der Waals surface area contributed by atoms with Gasteiger partial charge >= 0.3 is 0 Å². The number of aryl methyl sites for hydroxylation is 1. The van der Waals surface area contributed by atoms with E-state index in [1.165, 1.54) is 23.5 Å². The molecular formula is C24H26FN5O2S. The van der Waals surface area contributed by atoms with Crippen LogP contribution in [0.4, 0.5) is 4.39 Å². The van der Waals surface area contributed by atoms with Gasteiger partial charge in [-0.25, -0.2) is 4.39 Å². The van der Waals surface area contributed by atoms with Crippen molar-refractivity contribution in [3.63, 3.8) is 0 Å². The number of amides is 2. The van der Waals surface area contributed by atoms with E-state index in [1.807, 2.05) is 36.1 Å². The minimum atomic E-state index is -0.310. The zero-order valence-corrected chi connectivity index (χ0v) is 19.3. The summed E-state index contributed by atoms with van der Waals surface area (Å²) in [4.78, 5) is 29.1. The fourth-order valence-electron chi connectivity index (χ4n) is 3.70. The van der Waals surface area contributed by atoms with E-state index in [9.17, 15) is 14.0 Å². The molecule has 0 bridgehead atoms. The number of aromatic nitrogens is 2. The van der Waals surface area contributed by atoms with Crippen molar-refractivity contribution < 1.29 is 14.0 Å². The predicted octanol–water partition coefficient (Wildman–Crippen LogP) is 2.80. The van der Waals surface area contributed by atoms with Crippen LogP contribution in [0.15, 0.2) is 48.5 Å². The first kappa shape index (κ1) is 23.0. The van der Waals surface area contributed by atoms with Crippen LogP contribution in [0.3, 0.4) is 0 Å². The van der Waals surface area contributed by atoms with Crippen LogP contribution in [-0.4, -0.2) is 58.0 Å². The van der Waals surface area contributed by atoms with Crippen molar-refractivity contribution in [3.05, 3.63) is 81.1 Å². The van der Waals surface area contributed by atoms with E-state index in [-0.39, 0.29) is 17.6 Å². The second kappa shape index (κ2) is 10.6. The van der Waals surface area contributed by atoms with E-state index in [0.29, 0.717) is 37.6 Å². The lowest BCUT2D eigenvalue weighted by Crippen LogP contribution is -2.48. The fourth-order valence-corrected chi connectivity index (χ4v) is 4.50. The third kappa shape index (κ3) is 6.21. The summed E-state index contributed by atoms with van der Waals surface area (Å²) in [6.07, 6.45) is 0.430. The monoisotopic (exact) mass is 467 g/mol. The quantitative estimate of drug-likeness (QED) is 0.578. The minimum absolute atomic E-state index is 0.153. The Balaban J connectivity index is 1.23. The van der Waals surface area contributed by atoms with Crippen molar-refractivity contribution in [2.45, 2.75) is 26.4 Å². The summed E-state index contributed by atoms with van der Waals surface area (Å²) in [7, 11) is 0. The number of nitrogens with zero attached hydrogens (tertiary/aromatic N) is 4. The maximum Gasteiger partial charge on any atom is 0.282 e. The van der Waals surface area contributed by atoms with Gasteiger partial charge in [-0.2, -0.15) is 0 Å². The zero-order chi connectivity index (χ0) is 23.2. The van der Waals surface area contributed by atoms with Gasteiger partial charge in [-0.15, -0.1) is 10.2 Å². The third-order valence-corrected chi connectivity index (χ3v) is 6.62. The van der Waals surface area contributed by atoms with Crippen molar-refractivity contribution >= 4 is 23.2 Å². The van der Waals surface area contributed by atoms with Gasteiger partial charge in [0.25, 0.3) is 5.91 Å². The van der Waals surface area contributed by atoms with Crippen LogP contribution in [0, 0.1) is 12.7 Å². The number of hydrogen-bond acceptors (Lipinski definition) is 6. The van der Waals surface area contributed by atoms with Gasteiger partial charge in [-0.3, -0.25) is 14.5 Å². The van der Waals surface area contributed by atoms with E-state index in [0.717, 1.165) is 34.8 Å². The highest BCUT2D eigenvalue weighted by Crippen LogP contribution is 2.15. The molecule has 1 N–H and O–H groups in total. The van der Waals surface area contributed by atoms with Gasteiger partial charge in [0.2, 0.25) is 10.9 Å². The van der Waals surface area contributed by atoms with E-state index in [1.54, 1.807) is 12.1 Å². The molecule has 0 saturated carbocycles. The number of piperazine rings is 1. The average Bonchev–Trinajstić information content (AvgIpc) is 3.29. The average molecular weight is 468 g/mol. The fraction of sp³-hybridized carbons (Fsp3) is 0.333. The van der Waals surface area contributed by atoms with Gasteiger partial charge in [-0.05, 0) is 35.7 Å². The first-order valence-corrected chi connectivity index (χ1v) is 11.7. The van der Waals surface area contributed by atoms with Gasteiger partial charge in [-0.1, -0.05) is 47.7 Å². The molecule has 1 aliphatic heterocycles. The van der Waals surface area contributed by atoms with Gasteiger partial charge in [0, 0.05) is 32.7 Å². The molecule has 1 saturated heterocycles. The molecule has 7 nitrogen and oxygen atoms in total. The molecule has 2 heterocycles. The van der Waals surface area contributed by atoms with Crippen LogP contribution in [0.5, 0.6) is 0 Å². The minimum Gasteiger partial charge on any atom is -0.346 e. The molecule has 2 amide bonds. The van der Waals surface area contributed by atoms with E-state index >= 15 is 0 Å². The van der Waals surface area contributed by atoms with Crippen LogP contribution in [-0.2, 0) is 24.3 Å². The smallest absolute Gasteiger partial charge is 0.282 e. The molecule has 172 valence electrons. The van der Waals surface area contributed by atoms with Crippen molar-refractivity contribution in [1.82, 2.24) is 25.3 Å². The number of rotatable bonds is 7. The molecule has 1 aromatic heterocycles. The summed E-state index contributed by atoms with van der Waals surface area (Å²) >= 11 is 1.27. The Bertz CT molecular complexity index is 1110. The third-order valence-electron chi connectivity index (χ3n) is 5.71. The summed E-state index contributed by atoms with van der Waals surface area (Å²) in [5.41, 5.74) is 3.02. The molecule has 9 heteroatoms. The lowest BCUT2D eigenvalue weighted by atomic mass is 10.1. The number of carbonyl (C=O) groups excluding carboxylic acids is 2. The summed E-state index contributed by atoms with van der Waals surface area (Å²) in [6.45, 7) is 5.79. The number of nitrogens with one attached hydrogen (secondary N) is 1. The highest BCUT2D eigenvalue weighted by atomic mass is 32.1. The van der Waals surface area contributed by atoms with E-state index in [4.69, 9.17) is 0 Å². The molecule has 1 aliphatic rings. The molecule has 2 aromatic carbocycles. The van der Waals surface area contributed by atoms with E-state index < -0.39 is 0 Å². The lowest BCUT2D eigenvalue weighted by Gasteiger charge is -2.34. The Morgan fingerprint density at radius 2 is 1.76 bits per heavy atom. The first-order valence-electron chi connectivity index (χ1n) is 10.9. The number of hydrogen-bond donors (Lipinski definition) is 1. The standard InChI is InChI=1S/C24H26FN5O2S/c1-17-4-2-3-5-19(17)14-22(31)30-12-10-29(11-13-30)16-21-27-28-24(33-21)23(32)26-15-18-6-8-20(25)9-7-18/h2-9H,10-16H2,1H3,(H,26,32). The number of benzene rings is 2. The van der Waals surface area contributed by atoms with Gasteiger partial charge in [0.15, 0.2) is 0 Å². The van der Waals surface area contributed by atoms with Gasteiger partial charge in [0.1, 0.15) is 10.8 Å². The van der Waals surface area contributed by atoms with Crippen LogP contribution in [0.1, 0.15) is 31.5 Å². The Hall–Kier alpha value is -3.17. The molecule has 0 atom stereocenters. The van der Waals surface area contributed by atoms with Crippen molar-refractivity contribution in [3.8, 4) is 0 Å². The Labute approximate surface area is 196 Å². The molecule has 0 radical (unpaired) electrons. The number of carbonyl (C=O) groups is 2. The summed E-state index contributed by atoms with van der Waals surface area (Å²) in [6, 6.07) is 14.0. The lowest BCUT2D eigenvalue weighted by molar-refractivity contribution is -0.132. The maximum atomic E-state index is 13.0. The Morgan fingerprint density at radius 1 is 1.03 bits per heavy atom. The van der Waals surface area contributed by atoms with Crippen molar-refractivity contribution in [2.24, 2.45) is 0 Å². The predicted molar refractivity (Wildman–Crippen MR) is 124 cm³/mol. The normalized spacial score (nSPS) is 14.3. The molecule has 1 fully saturated rings. The van der Waals surface area contributed by atoms with Crippen LogP contribution in [0.2, 0.25) is 0 Å². The molecule has 0 unspecified atom stereocenters. The number of halogens is 1. The second-order valence-electron chi connectivity index (χ2n) is 8.07. The highest BCUT2D eigenvalue weighted by molar-refractivity contribution is 7.13. The van der Waals surface area contributed by atoms with Crippen molar-refractivity contribution in [1.29, 1.82) is 0 Å². The SMILES string of the molecule is Cc1ccccc1CC(=O)N1CCN(Cc2nnc(C(=O)NCc3ccc(F)cc3)s2)CC1. The molecule has 0 aliphatic carbocycles. The van der Waals surface area contributed by atoms with Crippen molar-refractivity contribution in [2.75, 3.05) is 26.2 Å². The summed E-state index contributed by atoms with van der Waals surface area (Å²) in [5, 5.41) is 12.0. The topological polar surface area (TPSA) is 78.4 Å². The largest absolute Gasteiger partial charge is 0.346 e. The maximum absolute atomic E-state index is 13.0. The molecule has 0 spiro atoms. The second-order valence-corrected chi connectivity index (χ2v) is 9.13.